The smallest absolute Gasteiger partial charge is 0.324 e. The molecule has 0 radical (unpaired) electrons. The van der Waals surface area contributed by atoms with Gasteiger partial charge < -0.3 is 14.5 Å². The number of nitrogens with one attached hydrogen (secondary N) is 1. The quantitative estimate of drug-likeness (QED) is 0.680. The van der Waals surface area contributed by atoms with Crippen LogP contribution in [-0.2, 0) is 19.6 Å². The number of morpholine rings is 1. The monoisotopic (exact) mass is 440 g/mol. The summed E-state index contributed by atoms with van der Waals surface area (Å²) < 4.78 is 37.8. The summed E-state index contributed by atoms with van der Waals surface area (Å²) in [4.78, 5) is 29.7. The van der Waals surface area contributed by atoms with Crippen LogP contribution >= 0.6 is 11.8 Å². The van der Waals surface area contributed by atoms with E-state index < -0.39 is 21.3 Å². The lowest BCUT2D eigenvalue weighted by molar-refractivity contribution is -0.126. The van der Waals surface area contributed by atoms with Crippen LogP contribution in [0.1, 0.15) is 6.92 Å². The summed E-state index contributed by atoms with van der Waals surface area (Å²) in [5, 5.41) is 2.24. The van der Waals surface area contributed by atoms with Crippen molar-refractivity contribution in [1.82, 2.24) is 19.5 Å². The van der Waals surface area contributed by atoms with Gasteiger partial charge in [0.15, 0.2) is 5.58 Å². The molecule has 3 heterocycles. The molecule has 10 nitrogen and oxygen atoms in total. The van der Waals surface area contributed by atoms with Gasteiger partial charge in [0.25, 0.3) is 5.22 Å². The van der Waals surface area contributed by atoms with Gasteiger partial charge in [-0.15, -0.1) is 0 Å². The predicted molar refractivity (Wildman–Crippen MR) is 104 cm³/mol. The van der Waals surface area contributed by atoms with Gasteiger partial charge in [-0.3, -0.25) is 9.69 Å². The summed E-state index contributed by atoms with van der Waals surface area (Å²) in [5.41, 5.74) is 0.812. The van der Waals surface area contributed by atoms with E-state index in [4.69, 9.17) is 9.15 Å². The van der Waals surface area contributed by atoms with E-state index in [0.29, 0.717) is 50.5 Å². The Bertz CT molecular complexity index is 1050. The Kier molecular flexibility index (Phi) is 5.51. The van der Waals surface area contributed by atoms with Crippen molar-refractivity contribution in [2.45, 2.75) is 22.3 Å². The maximum absolute atomic E-state index is 12.8. The second kappa shape index (κ2) is 7.94. The number of carbonyl (C=O) groups is 2. The summed E-state index contributed by atoms with van der Waals surface area (Å²) in [6, 6.07) is 4.10. The van der Waals surface area contributed by atoms with Crippen LogP contribution in [0.2, 0.25) is 0 Å². The summed E-state index contributed by atoms with van der Waals surface area (Å²) >= 11 is 1.08. The van der Waals surface area contributed by atoms with Crippen molar-refractivity contribution in [3.63, 3.8) is 0 Å². The topological polar surface area (TPSA) is 122 Å². The van der Waals surface area contributed by atoms with Crippen molar-refractivity contribution in [3.05, 3.63) is 18.2 Å². The van der Waals surface area contributed by atoms with Gasteiger partial charge in [-0.2, -0.15) is 4.31 Å². The van der Waals surface area contributed by atoms with Crippen LogP contribution in [0.5, 0.6) is 0 Å². The lowest BCUT2D eigenvalue weighted by atomic mass is 10.3. The number of ether oxygens (including phenoxy) is 1. The number of benzene rings is 1. The number of fused-ring (bicyclic) bond motifs is 1. The third-order valence-corrected chi connectivity index (χ3v) is 7.52. The largest absolute Gasteiger partial charge is 0.431 e. The molecule has 3 amide bonds. The van der Waals surface area contributed by atoms with Crippen LogP contribution in [0.15, 0.2) is 32.7 Å². The third-order valence-electron chi connectivity index (χ3n) is 4.70. The van der Waals surface area contributed by atoms with E-state index in [2.05, 4.69) is 10.3 Å². The van der Waals surface area contributed by atoms with E-state index in [1.165, 1.54) is 16.4 Å². The predicted octanol–water partition coefficient (Wildman–Crippen LogP) is 0.881. The number of oxazole rings is 1. The molecule has 29 heavy (non-hydrogen) atoms. The zero-order valence-electron chi connectivity index (χ0n) is 15.7. The summed E-state index contributed by atoms with van der Waals surface area (Å²) in [6.45, 7) is 3.79. The number of sulfonamides is 1. The Morgan fingerprint density at radius 2 is 2.03 bits per heavy atom. The van der Waals surface area contributed by atoms with Crippen molar-refractivity contribution in [1.29, 1.82) is 0 Å². The van der Waals surface area contributed by atoms with Gasteiger partial charge in [0.1, 0.15) is 5.52 Å². The molecule has 2 saturated heterocycles. The maximum Gasteiger partial charge on any atom is 0.324 e. The highest BCUT2D eigenvalue weighted by atomic mass is 32.2. The van der Waals surface area contributed by atoms with Crippen LogP contribution < -0.4 is 5.32 Å². The van der Waals surface area contributed by atoms with E-state index in [-0.39, 0.29) is 16.0 Å². The molecule has 2 aromatic rings. The van der Waals surface area contributed by atoms with Crippen LogP contribution in [0, 0.1) is 0 Å². The molecular weight excluding hydrogens is 420 g/mol. The number of hydrogen-bond acceptors (Lipinski definition) is 8. The minimum atomic E-state index is -3.64. The Morgan fingerprint density at radius 1 is 1.28 bits per heavy atom. The van der Waals surface area contributed by atoms with Crippen LogP contribution in [0.3, 0.4) is 0 Å². The Hall–Kier alpha value is -2.15. The van der Waals surface area contributed by atoms with Gasteiger partial charge in [0.05, 0.1) is 23.4 Å². The van der Waals surface area contributed by atoms with Gasteiger partial charge in [-0.25, -0.2) is 18.2 Å². The lowest BCUT2D eigenvalue weighted by Crippen LogP contribution is -2.40. The molecular formula is C17H20N4O6S2. The molecule has 0 aliphatic carbocycles. The Labute approximate surface area is 171 Å². The molecule has 12 heteroatoms. The van der Waals surface area contributed by atoms with Gasteiger partial charge >= 0.3 is 6.03 Å². The number of imide groups is 1. The minimum Gasteiger partial charge on any atom is -0.431 e. The van der Waals surface area contributed by atoms with Crippen molar-refractivity contribution < 1.29 is 27.2 Å². The summed E-state index contributed by atoms with van der Waals surface area (Å²) in [5.74, 6) is -0.331. The summed E-state index contributed by atoms with van der Waals surface area (Å²) in [7, 11) is -3.64. The SMILES string of the molecule is CC(Sc1nc2cc(S(=O)(=O)N3CCOCC3)ccc2o1)C(=O)N1CCNC1=O. The number of hydrogen-bond donors (Lipinski definition) is 1. The number of aromatic nitrogens is 1. The second-order valence-corrected chi connectivity index (χ2v) is 9.84. The standard InChI is InChI=1S/C17H20N4O6S2/c1-11(15(22)21-5-4-18-16(21)23)28-17-19-13-10-12(2-3-14(13)27-17)29(24,25)20-6-8-26-9-7-20/h2-3,10-11H,4-9H2,1H3,(H,18,23). The number of amides is 3. The zero-order valence-corrected chi connectivity index (χ0v) is 17.3. The number of nitrogens with zero attached hydrogens (tertiary/aromatic N) is 3. The minimum absolute atomic E-state index is 0.134. The van der Waals surface area contributed by atoms with Crippen molar-refractivity contribution in [2.75, 3.05) is 39.4 Å². The fourth-order valence-corrected chi connectivity index (χ4v) is 5.38. The molecule has 1 aromatic heterocycles. The molecule has 0 saturated carbocycles. The highest BCUT2D eigenvalue weighted by Crippen LogP contribution is 2.29. The fraction of sp³-hybridized carbons (Fsp3) is 0.471. The number of carbonyl (C=O) groups excluding carboxylic acids is 2. The van der Waals surface area contributed by atoms with Crippen LogP contribution in [0.25, 0.3) is 11.1 Å². The summed E-state index contributed by atoms with van der Waals surface area (Å²) in [6.07, 6.45) is 0. The lowest BCUT2D eigenvalue weighted by Gasteiger charge is -2.25. The molecule has 2 aliphatic heterocycles. The van der Waals surface area contributed by atoms with E-state index in [1.807, 2.05) is 0 Å². The normalized spacial score (nSPS) is 19.5. The molecule has 0 spiro atoms. The van der Waals surface area contributed by atoms with Crippen molar-refractivity contribution >= 4 is 44.8 Å². The van der Waals surface area contributed by atoms with E-state index in [0.717, 1.165) is 16.7 Å². The molecule has 2 fully saturated rings. The Morgan fingerprint density at radius 3 is 2.72 bits per heavy atom. The molecule has 0 bridgehead atoms. The molecule has 2 aliphatic rings. The van der Waals surface area contributed by atoms with Crippen molar-refractivity contribution in [2.24, 2.45) is 0 Å². The molecule has 156 valence electrons. The van der Waals surface area contributed by atoms with Crippen molar-refractivity contribution in [3.8, 4) is 0 Å². The number of urea groups is 1. The maximum atomic E-state index is 12.8. The molecule has 1 aromatic carbocycles. The van der Waals surface area contributed by atoms with Gasteiger partial charge in [-0.05, 0) is 25.1 Å². The van der Waals surface area contributed by atoms with Crippen LogP contribution in [0.4, 0.5) is 4.79 Å². The van der Waals surface area contributed by atoms with Gasteiger partial charge in [0.2, 0.25) is 15.9 Å². The molecule has 1 unspecified atom stereocenters. The van der Waals surface area contributed by atoms with Crippen LogP contribution in [-0.4, -0.2) is 79.2 Å². The third kappa shape index (κ3) is 3.97. The van der Waals surface area contributed by atoms with E-state index in [9.17, 15) is 18.0 Å². The average Bonchev–Trinajstić information content (AvgIpc) is 3.32. The number of rotatable bonds is 5. The first kappa shape index (κ1) is 20.1. The van der Waals surface area contributed by atoms with Gasteiger partial charge in [-0.1, -0.05) is 11.8 Å². The number of thioether (sulfide) groups is 1. The molecule has 1 N–H and O–H groups in total. The first-order chi connectivity index (χ1) is 13.9. The highest BCUT2D eigenvalue weighted by molar-refractivity contribution is 8.00. The van der Waals surface area contributed by atoms with Gasteiger partial charge in [0, 0.05) is 26.2 Å². The fourth-order valence-electron chi connectivity index (χ4n) is 3.14. The van der Waals surface area contributed by atoms with E-state index >= 15 is 0 Å². The Balaban J connectivity index is 1.52. The molecule has 4 rings (SSSR count). The highest BCUT2D eigenvalue weighted by Gasteiger charge is 2.31. The van der Waals surface area contributed by atoms with E-state index in [1.54, 1.807) is 13.0 Å². The first-order valence-corrected chi connectivity index (χ1v) is 11.4. The average molecular weight is 441 g/mol. The molecule has 1 atom stereocenters. The second-order valence-electron chi connectivity index (χ2n) is 6.61. The first-order valence-electron chi connectivity index (χ1n) is 9.10. The zero-order chi connectivity index (χ0) is 20.6.